The Morgan fingerprint density at radius 3 is 1.38 bits per heavy atom. The first-order valence-corrected chi connectivity index (χ1v) is 11.8. The van der Waals surface area contributed by atoms with E-state index in [0.717, 1.165) is 11.1 Å². The van der Waals surface area contributed by atoms with Crippen molar-refractivity contribution in [3.63, 3.8) is 0 Å². The molecule has 0 bridgehead atoms. The number of hydrogen-bond acceptors (Lipinski definition) is 6. The second-order valence-corrected chi connectivity index (χ2v) is 8.66. The first-order valence-electron chi connectivity index (χ1n) is 11.8. The maximum absolute atomic E-state index is 12.6. The zero-order chi connectivity index (χ0) is 23.9. The number of likely N-dealkylation sites (tertiary alicyclic amines) is 2. The molecule has 4 rings (SSSR count). The van der Waals surface area contributed by atoms with E-state index in [2.05, 4.69) is 10.6 Å². The highest BCUT2D eigenvalue weighted by molar-refractivity contribution is 6.06. The Morgan fingerprint density at radius 2 is 1.00 bits per heavy atom. The molecule has 2 atom stereocenters. The van der Waals surface area contributed by atoms with Gasteiger partial charge in [-0.25, -0.2) is 0 Å². The summed E-state index contributed by atoms with van der Waals surface area (Å²) < 4.78 is 0. The van der Waals surface area contributed by atoms with Crippen LogP contribution in [0.4, 0.5) is 0 Å². The minimum Gasteiger partial charge on any atom is -0.304 e. The number of amides is 4. The summed E-state index contributed by atoms with van der Waals surface area (Å²) in [5.74, 6) is -0.755. The van der Waals surface area contributed by atoms with Crippen molar-refractivity contribution in [3.8, 4) is 0 Å². The molecule has 2 fully saturated rings. The fourth-order valence-corrected chi connectivity index (χ4v) is 4.42. The summed E-state index contributed by atoms with van der Waals surface area (Å²) in [5, 5.41) is 6.23. The summed E-state index contributed by atoms with van der Waals surface area (Å²) in [4.78, 5) is 52.5. The minimum absolute atomic E-state index is 0.141. The van der Waals surface area contributed by atoms with Gasteiger partial charge in [0.25, 0.3) is 0 Å². The summed E-state index contributed by atoms with van der Waals surface area (Å²) in [5.41, 5.74) is 2.16. The highest BCUT2D eigenvalue weighted by Crippen LogP contribution is 2.16. The third-order valence-corrected chi connectivity index (χ3v) is 6.33. The van der Waals surface area contributed by atoms with E-state index in [4.69, 9.17) is 0 Å². The number of carbonyl (C=O) groups is 4. The van der Waals surface area contributed by atoms with Crippen LogP contribution in [-0.2, 0) is 32.0 Å². The molecule has 4 amide bonds. The molecule has 0 saturated carbocycles. The molecule has 0 aliphatic carbocycles. The molecule has 0 aromatic heterocycles. The molecule has 8 heteroatoms. The number of benzene rings is 2. The minimum atomic E-state index is -0.548. The van der Waals surface area contributed by atoms with Crippen molar-refractivity contribution in [3.05, 3.63) is 71.8 Å². The quantitative estimate of drug-likeness (QED) is 0.380. The van der Waals surface area contributed by atoms with Crippen molar-refractivity contribution >= 4 is 23.6 Å². The predicted octanol–water partition coefficient (Wildman–Crippen LogP) is 0.906. The van der Waals surface area contributed by atoms with E-state index in [-0.39, 0.29) is 36.5 Å². The second-order valence-electron chi connectivity index (χ2n) is 8.66. The van der Waals surface area contributed by atoms with E-state index in [0.29, 0.717) is 39.0 Å². The Morgan fingerprint density at radius 1 is 0.618 bits per heavy atom. The van der Waals surface area contributed by atoms with E-state index in [1.807, 2.05) is 60.7 Å². The zero-order valence-corrected chi connectivity index (χ0v) is 19.1. The topological polar surface area (TPSA) is 98.8 Å². The lowest BCUT2D eigenvalue weighted by Crippen LogP contribution is -2.45. The Hall–Kier alpha value is -3.36. The van der Waals surface area contributed by atoms with Gasteiger partial charge in [0.2, 0.25) is 23.6 Å². The Labute approximate surface area is 199 Å². The lowest BCUT2D eigenvalue weighted by Gasteiger charge is -2.17. The lowest BCUT2D eigenvalue weighted by atomic mass is 10.1. The summed E-state index contributed by atoms with van der Waals surface area (Å²) in [6, 6.07) is 18.4. The highest BCUT2D eigenvalue weighted by atomic mass is 16.2. The standard InChI is InChI=1S/C26H30N4O4/c31-23-17-21(25(33)29(23)15-11-19-7-3-1-4-8-19)27-13-14-28-22-18-24(32)30(26(22)34)16-12-20-9-5-2-6-10-20/h1-10,21-22,27-28H,11-18H2. The summed E-state index contributed by atoms with van der Waals surface area (Å²) in [6.45, 7) is 1.57. The van der Waals surface area contributed by atoms with Gasteiger partial charge in [0.15, 0.2) is 0 Å². The Kier molecular flexibility index (Phi) is 7.82. The van der Waals surface area contributed by atoms with Gasteiger partial charge in [0.05, 0.1) is 24.9 Å². The summed E-state index contributed by atoms with van der Waals surface area (Å²) >= 11 is 0. The first kappa shape index (κ1) is 23.8. The highest BCUT2D eigenvalue weighted by Gasteiger charge is 2.39. The molecule has 34 heavy (non-hydrogen) atoms. The van der Waals surface area contributed by atoms with E-state index >= 15 is 0 Å². The molecule has 0 radical (unpaired) electrons. The monoisotopic (exact) mass is 462 g/mol. The third-order valence-electron chi connectivity index (χ3n) is 6.33. The van der Waals surface area contributed by atoms with Crippen LogP contribution in [0.25, 0.3) is 0 Å². The van der Waals surface area contributed by atoms with Crippen molar-refractivity contribution < 1.29 is 19.2 Å². The summed E-state index contributed by atoms with van der Waals surface area (Å²) in [6.07, 6.45) is 1.54. The molecule has 2 aromatic rings. The van der Waals surface area contributed by atoms with Gasteiger partial charge in [0, 0.05) is 26.2 Å². The Balaban J connectivity index is 1.17. The van der Waals surface area contributed by atoms with E-state index in [9.17, 15) is 19.2 Å². The van der Waals surface area contributed by atoms with Crippen LogP contribution in [0.2, 0.25) is 0 Å². The van der Waals surface area contributed by atoms with Gasteiger partial charge in [-0.1, -0.05) is 60.7 Å². The molecule has 2 aromatic carbocycles. The molecule has 2 unspecified atom stereocenters. The first-order chi connectivity index (χ1) is 16.5. The molecule has 8 nitrogen and oxygen atoms in total. The van der Waals surface area contributed by atoms with Crippen molar-refractivity contribution in [2.75, 3.05) is 26.2 Å². The van der Waals surface area contributed by atoms with Crippen molar-refractivity contribution in [2.24, 2.45) is 0 Å². The predicted molar refractivity (Wildman–Crippen MR) is 127 cm³/mol. The maximum atomic E-state index is 12.6. The molecule has 2 saturated heterocycles. The van der Waals surface area contributed by atoms with E-state index < -0.39 is 12.1 Å². The van der Waals surface area contributed by atoms with Crippen molar-refractivity contribution in [1.29, 1.82) is 0 Å². The Bertz CT molecular complexity index is 944. The molecule has 2 aliphatic rings. The lowest BCUT2D eigenvalue weighted by molar-refractivity contribution is -0.140. The van der Waals surface area contributed by atoms with Gasteiger partial charge in [-0.05, 0) is 24.0 Å². The van der Waals surface area contributed by atoms with Crippen LogP contribution in [0.3, 0.4) is 0 Å². The average Bonchev–Trinajstić information content (AvgIpc) is 3.28. The molecular formula is C26H30N4O4. The van der Waals surface area contributed by atoms with Crippen LogP contribution in [0.5, 0.6) is 0 Å². The van der Waals surface area contributed by atoms with Crippen LogP contribution in [-0.4, -0.2) is 71.7 Å². The number of nitrogens with zero attached hydrogens (tertiary/aromatic N) is 2. The van der Waals surface area contributed by atoms with Crippen molar-refractivity contribution in [1.82, 2.24) is 20.4 Å². The van der Waals surface area contributed by atoms with Gasteiger partial charge in [-0.2, -0.15) is 0 Å². The van der Waals surface area contributed by atoms with Crippen LogP contribution < -0.4 is 10.6 Å². The second kappa shape index (κ2) is 11.2. The third kappa shape index (κ3) is 5.76. The largest absolute Gasteiger partial charge is 0.304 e. The molecule has 2 heterocycles. The normalized spacial score (nSPS) is 20.6. The van der Waals surface area contributed by atoms with Crippen LogP contribution in [0.15, 0.2) is 60.7 Å². The maximum Gasteiger partial charge on any atom is 0.246 e. The zero-order valence-electron chi connectivity index (χ0n) is 19.1. The smallest absolute Gasteiger partial charge is 0.246 e. The van der Waals surface area contributed by atoms with Gasteiger partial charge in [0.1, 0.15) is 0 Å². The fraction of sp³-hybridized carbons (Fsp3) is 0.385. The van der Waals surface area contributed by atoms with Crippen LogP contribution in [0, 0.1) is 0 Å². The molecule has 0 spiro atoms. The molecular weight excluding hydrogens is 432 g/mol. The van der Waals surface area contributed by atoms with E-state index in [1.54, 1.807) is 0 Å². The average molecular weight is 463 g/mol. The summed E-state index contributed by atoms with van der Waals surface area (Å²) in [7, 11) is 0. The van der Waals surface area contributed by atoms with Gasteiger partial charge >= 0.3 is 0 Å². The van der Waals surface area contributed by atoms with Crippen molar-refractivity contribution in [2.45, 2.75) is 37.8 Å². The van der Waals surface area contributed by atoms with Gasteiger partial charge < -0.3 is 10.6 Å². The fourth-order valence-electron chi connectivity index (χ4n) is 4.42. The van der Waals surface area contributed by atoms with E-state index in [1.165, 1.54) is 9.80 Å². The van der Waals surface area contributed by atoms with Gasteiger partial charge in [-0.3, -0.25) is 29.0 Å². The SMILES string of the molecule is O=C1CC(NCCNC2CC(=O)N(CCc3ccccc3)C2=O)C(=O)N1CCc1ccccc1. The molecule has 2 N–H and O–H groups in total. The van der Waals surface area contributed by atoms with Crippen LogP contribution in [0.1, 0.15) is 24.0 Å². The number of hydrogen-bond donors (Lipinski definition) is 2. The molecule has 178 valence electrons. The van der Waals surface area contributed by atoms with Crippen LogP contribution >= 0.6 is 0 Å². The number of rotatable bonds is 11. The number of nitrogens with one attached hydrogen (secondary N) is 2. The molecule has 2 aliphatic heterocycles. The van der Waals surface area contributed by atoms with Gasteiger partial charge in [-0.15, -0.1) is 0 Å². The number of imide groups is 2. The number of carbonyl (C=O) groups excluding carboxylic acids is 4.